The molecule has 0 aliphatic heterocycles. The SMILES string of the molecule is CCOC(=O)c1cc2ccc(C#N)cc2n1Cc1ccc(Oc2ccccc2)cc1. The fraction of sp³-hybridized carbons (Fsp3) is 0.120. The van der Waals surface area contributed by atoms with Crippen LogP contribution in [0.5, 0.6) is 11.5 Å². The van der Waals surface area contributed by atoms with Crippen molar-refractivity contribution in [1.82, 2.24) is 4.57 Å². The second-order valence-corrected chi connectivity index (χ2v) is 6.78. The van der Waals surface area contributed by atoms with E-state index in [1.165, 1.54) is 0 Å². The summed E-state index contributed by atoms with van der Waals surface area (Å²) in [5, 5.41) is 10.2. The molecule has 148 valence electrons. The molecule has 0 radical (unpaired) electrons. The molecule has 3 aromatic carbocycles. The number of hydrogen-bond donors (Lipinski definition) is 0. The number of rotatable bonds is 6. The van der Waals surface area contributed by atoms with Crippen LogP contribution in [0.2, 0.25) is 0 Å². The first-order valence-electron chi connectivity index (χ1n) is 9.70. The van der Waals surface area contributed by atoms with Crippen molar-refractivity contribution in [3.8, 4) is 17.6 Å². The number of fused-ring (bicyclic) bond motifs is 1. The Kier molecular flexibility index (Phi) is 5.49. The van der Waals surface area contributed by atoms with Gasteiger partial charge in [0.1, 0.15) is 17.2 Å². The molecule has 0 fully saturated rings. The highest BCUT2D eigenvalue weighted by Gasteiger charge is 2.17. The molecule has 1 heterocycles. The van der Waals surface area contributed by atoms with E-state index in [9.17, 15) is 10.1 Å². The molecule has 0 saturated carbocycles. The lowest BCUT2D eigenvalue weighted by atomic mass is 10.2. The van der Waals surface area contributed by atoms with Crippen molar-refractivity contribution < 1.29 is 14.3 Å². The van der Waals surface area contributed by atoms with Crippen LogP contribution in [-0.2, 0) is 11.3 Å². The number of nitriles is 1. The predicted octanol–water partition coefficient (Wildman–Crippen LogP) is 5.53. The molecular formula is C25H20N2O3. The van der Waals surface area contributed by atoms with E-state index >= 15 is 0 Å². The molecule has 0 aliphatic rings. The zero-order valence-electron chi connectivity index (χ0n) is 16.5. The van der Waals surface area contributed by atoms with Crippen molar-refractivity contribution in [2.24, 2.45) is 0 Å². The summed E-state index contributed by atoms with van der Waals surface area (Å²) in [7, 11) is 0. The number of benzene rings is 3. The van der Waals surface area contributed by atoms with Gasteiger partial charge in [0.15, 0.2) is 0 Å². The maximum absolute atomic E-state index is 12.5. The summed E-state index contributed by atoms with van der Waals surface area (Å²) in [6.45, 7) is 2.55. The highest BCUT2D eigenvalue weighted by Crippen LogP contribution is 2.25. The van der Waals surface area contributed by atoms with E-state index in [0.29, 0.717) is 24.4 Å². The van der Waals surface area contributed by atoms with Gasteiger partial charge in [-0.15, -0.1) is 0 Å². The van der Waals surface area contributed by atoms with Crippen LogP contribution < -0.4 is 4.74 Å². The Morgan fingerprint density at radius 1 is 0.967 bits per heavy atom. The molecule has 30 heavy (non-hydrogen) atoms. The van der Waals surface area contributed by atoms with Crippen LogP contribution >= 0.6 is 0 Å². The highest BCUT2D eigenvalue weighted by atomic mass is 16.5. The second-order valence-electron chi connectivity index (χ2n) is 6.78. The van der Waals surface area contributed by atoms with Gasteiger partial charge in [-0.25, -0.2) is 4.79 Å². The summed E-state index contributed by atoms with van der Waals surface area (Å²) in [6, 6.07) is 26.7. The summed E-state index contributed by atoms with van der Waals surface area (Å²) in [6.07, 6.45) is 0. The van der Waals surface area contributed by atoms with E-state index < -0.39 is 0 Å². The average Bonchev–Trinajstić information content (AvgIpc) is 3.13. The topological polar surface area (TPSA) is 64.2 Å². The van der Waals surface area contributed by atoms with Gasteiger partial charge in [0, 0.05) is 11.9 Å². The van der Waals surface area contributed by atoms with Crippen molar-refractivity contribution in [2.75, 3.05) is 6.61 Å². The molecule has 4 aromatic rings. The molecule has 0 N–H and O–H groups in total. The Labute approximate surface area is 174 Å². The molecule has 0 amide bonds. The fourth-order valence-corrected chi connectivity index (χ4v) is 3.34. The number of esters is 1. The fourth-order valence-electron chi connectivity index (χ4n) is 3.34. The van der Waals surface area contributed by atoms with Crippen molar-refractivity contribution in [2.45, 2.75) is 13.5 Å². The minimum Gasteiger partial charge on any atom is -0.461 e. The average molecular weight is 396 g/mol. The molecule has 5 heteroatoms. The first-order chi connectivity index (χ1) is 14.7. The zero-order chi connectivity index (χ0) is 20.9. The second kappa shape index (κ2) is 8.54. The number of aromatic nitrogens is 1. The molecule has 0 unspecified atom stereocenters. The Morgan fingerprint density at radius 3 is 2.40 bits per heavy atom. The number of nitrogens with zero attached hydrogens (tertiary/aromatic N) is 2. The van der Waals surface area contributed by atoms with Crippen LogP contribution in [0.25, 0.3) is 10.9 Å². The van der Waals surface area contributed by atoms with E-state index in [-0.39, 0.29) is 5.97 Å². The van der Waals surface area contributed by atoms with Crippen LogP contribution in [0.4, 0.5) is 0 Å². The first-order valence-corrected chi connectivity index (χ1v) is 9.70. The highest BCUT2D eigenvalue weighted by molar-refractivity contribution is 5.96. The van der Waals surface area contributed by atoms with Gasteiger partial charge in [-0.05, 0) is 55.0 Å². The number of carbonyl (C=O) groups is 1. The zero-order valence-corrected chi connectivity index (χ0v) is 16.5. The van der Waals surface area contributed by atoms with E-state index in [4.69, 9.17) is 9.47 Å². The Hall–Kier alpha value is -4.04. The van der Waals surface area contributed by atoms with Gasteiger partial charge in [0.05, 0.1) is 23.8 Å². The third kappa shape index (κ3) is 4.03. The Morgan fingerprint density at radius 2 is 1.70 bits per heavy atom. The summed E-state index contributed by atoms with van der Waals surface area (Å²) in [4.78, 5) is 12.5. The lowest BCUT2D eigenvalue weighted by molar-refractivity contribution is 0.0515. The third-order valence-corrected chi connectivity index (χ3v) is 4.76. The molecule has 0 saturated heterocycles. The Bertz CT molecular complexity index is 1220. The van der Waals surface area contributed by atoms with Gasteiger partial charge in [-0.1, -0.05) is 36.4 Å². The monoisotopic (exact) mass is 396 g/mol. The van der Waals surface area contributed by atoms with Gasteiger partial charge >= 0.3 is 5.97 Å². The first kappa shape index (κ1) is 19.3. The van der Waals surface area contributed by atoms with E-state index in [1.54, 1.807) is 25.1 Å². The lowest BCUT2D eigenvalue weighted by Crippen LogP contribution is -2.12. The van der Waals surface area contributed by atoms with Crippen LogP contribution in [0.3, 0.4) is 0 Å². The van der Waals surface area contributed by atoms with Crippen molar-refractivity contribution >= 4 is 16.9 Å². The van der Waals surface area contributed by atoms with E-state index in [2.05, 4.69) is 6.07 Å². The van der Waals surface area contributed by atoms with E-state index in [1.807, 2.05) is 65.2 Å². The van der Waals surface area contributed by atoms with Gasteiger partial charge in [0.2, 0.25) is 0 Å². The molecule has 0 aliphatic carbocycles. The minimum absolute atomic E-state index is 0.301. The van der Waals surface area contributed by atoms with Gasteiger partial charge < -0.3 is 14.0 Å². The van der Waals surface area contributed by atoms with Crippen LogP contribution in [0.15, 0.2) is 78.9 Å². The molecule has 4 rings (SSSR count). The molecule has 0 bridgehead atoms. The molecular weight excluding hydrogens is 376 g/mol. The predicted molar refractivity (Wildman–Crippen MR) is 115 cm³/mol. The van der Waals surface area contributed by atoms with Crippen molar-refractivity contribution in [3.63, 3.8) is 0 Å². The molecule has 0 atom stereocenters. The van der Waals surface area contributed by atoms with Crippen LogP contribution in [0, 0.1) is 11.3 Å². The number of para-hydroxylation sites is 1. The molecule has 1 aromatic heterocycles. The number of carbonyl (C=O) groups excluding carboxylic acids is 1. The largest absolute Gasteiger partial charge is 0.461 e. The van der Waals surface area contributed by atoms with Gasteiger partial charge in [-0.2, -0.15) is 5.26 Å². The standard InChI is InChI=1S/C25H20N2O3/c1-2-29-25(28)24-15-20-11-8-19(16-26)14-23(20)27(24)17-18-9-12-22(13-10-18)30-21-6-4-3-5-7-21/h3-15H,2,17H2,1H3. The lowest BCUT2D eigenvalue weighted by Gasteiger charge is -2.11. The smallest absolute Gasteiger partial charge is 0.354 e. The van der Waals surface area contributed by atoms with E-state index in [0.717, 1.165) is 28.0 Å². The van der Waals surface area contributed by atoms with Crippen molar-refractivity contribution in [3.05, 3.63) is 95.7 Å². The summed E-state index contributed by atoms with van der Waals surface area (Å²) >= 11 is 0. The maximum atomic E-state index is 12.5. The van der Waals surface area contributed by atoms with Crippen LogP contribution in [0.1, 0.15) is 28.5 Å². The number of ether oxygens (including phenoxy) is 2. The summed E-state index contributed by atoms with van der Waals surface area (Å²) in [5.74, 6) is 1.13. The third-order valence-electron chi connectivity index (χ3n) is 4.76. The van der Waals surface area contributed by atoms with Crippen molar-refractivity contribution in [1.29, 1.82) is 5.26 Å². The quantitative estimate of drug-likeness (QED) is 0.402. The molecule has 5 nitrogen and oxygen atoms in total. The summed E-state index contributed by atoms with van der Waals surface area (Å²) < 4.78 is 13.0. The van der Waals surface area contributed by atoms with Gasteiger partial charge in [0.25, 0.3) is 0 Å². The van der Waals surface area contributed by atoms with Crippen LogP contribution in [-0.4, -0.2) is 17.1 Å². The normalized spacial score (nSPS) is 10.5. The Balaban J connectivity index is 1.65. The van der Waals surface area contributed by atoms with Gasteiger partial charge in [-0.3, -0.25) is 0 Å². The minimum atomic E-state index is -0.378. The summed E-state index contributed by atoms with van der Waals surface area (Å²) in [5.41, 5.74) is 2.83. The number of hydrogen-bond acceptors (Lipinski definition) is 4. The molecule has 0 spiro atoms. The maximum Gasteiger partial charge on any atom is 0.354 e.